The lowest BCUT2D eigenvalue weighted by molar-refractivity contribution is 1.38. The van der Waals surface area contributed by atoms with Gasteiger partial charge in [-0.1, -0.05) is 6.04 Å². The van der Waals surface area contributed by atoms with Gasteiger partial charge in [0.25, 0.3) is 0 Å². The smallest absolute Gasteiger partial charge is 0.115 e. The maximum Gasteiger partial charge on any atom is 0.183 e. The van der Waals surface area contributed by atoms with Crippen molar-refractivity contribution in [2.24, 2.45) is 0 Å². The van der Waals surface area contributed by atoms with Crippen LogP contribution < -0.4 is 0 Å². The molecule has 0 N–H and O–H groups in total. The molecule has 1 heterocycles. The van der Waals surface area contributed by atoms with Crippen LogP contribution in [0.5, 0.6) is 0 Å². The predicted molar refractivity (Wildman–Crippen MR) is 41.8 cm³/mol. The normalized spacial score (nSPS) is 33.0. The Balaban J connectivity index is 2.31. The van der Waals surface area contributed by atoms with Crippen LogP contribution in [0.4, 0.5) is 0 Å². The molecule has 0 aromatic carbocycles. The average Bonchev–Trinajstić information content (AvgIpc) is 1.32. The van der Waals surface area contributed by atoms with Crippen LogP contribution in [0.15, 0.2) is 0 Å². The molecule has 0 saturated carbocycles. The summed E-state index contributed by atoms with van der Waals surface area (Å²) in [6, 6.07) is 3.06. The molecule has 0 amide bonds. The van der Waals surface area contributed by atoms with Gasteiger partial charge in [0, 0.05) is 9.04 Å². The van der Waals surface area contributed by atoms with Gasteiger partial charge in [0.05, 0.1) is 0 Å². The summed E-state index contributed by atoms with van der Waals surface area (Å²) in [4.78, 5) is -0.687. The summed E-state index contributed by atoms with van der Waals surface area (Å²) >= 11 is 7.36. The Morgan fingerprint density at radius 1 is 1.50 bits per heavy atom. The molecule has 1 fully saturated rings. The second kappa shape index (κ2) is 1.72. The lowest BCUT2D eigenvalue weighted by atomic mass is 10.9. The Bertz CT molecular complexity index is 56.6. The molecule has 6 heavy (non-hydrogen) atoms. The molecule has 0 aromatic heterocycles. The van der Waals surface area contributed by atoms with Gasteiger partial charge in [-0.25, -0.2) is 0 Å². The molecule has 0 spiro atoms. The van der Waals surface area contributed by atoms with Crippen molar-refractivity contribution in [3.8, 4) is 0 Å². The third kappa shape index (κ3) is 1.18. The van der Waals surface area contributed by atoms with Gasteiger partial charge >= 0.3 is 0 Å². The predicted octanol–water partition coefficient (Wildman–Crippen LogP) is 1.32. The lowest BCUT2D eigenvalue weighted by Gasteiger charge is -2.25. The minimum atomic E-state index is -0.687. The van der Waals surface area contributed by atoms with Gasteiger partial charge < -0.3 is 0 Å². The largest absolute Gasteiger partial charge is 0.183 e. The maximum absolute atomic E-state index is 3.68. The standard InChI is InChI=1S/C2H6Br2Si2/c3-6(4)2-1-5-6/h1-2,5H2. The molecule has 0 aliphatic carbocycles. The highest BCUT2D eigenvalue weighted by Gasteiger charge is 2.34. The van der Waals surface area contributed by atoms with E-state index in [9.17, 15) is 0 Å². The second-order valence-electron chi connectivity index (χ2n) is 1.71. The molecule has 0 atom stereocenters. The van der Waals surface area contributed by atoms with E-state index in [1.807, 2.05) is 0 Å². The van der Waals surface area contributed by atoms with Gasteiger partial charge in [-0.15, -0.1) is 30.6 Å². The number of rotatable bonds is 0. The van der Waals surface area contributed by atoms with Crippen molar-refractivity contribution >= 4 is 44.5 Å². The highest BCUT2D eigenvalue weighted by Crippen LogP contribution is 2.34. The van der Waals surface area contributed by atoms with Crippen LogP contribution in [0.25, 0.3) is 0 Å². The summed E-state index contributed by atoms with van der Waals surface area (Å²) in [6.07, 6.45) is 0. The quantitative estimate of drug-likeness (QED) is 0.446. The van der Waals surface area contributed by atoms with Crippen LogP contribution in [0.2, 0.25) is 12.1 Å². The molecule has 36 valence electrons. The fourth-order valence-electron chi connectivity index (χ4n) is 0.444. The van der Waals surface area contributed by atoms with Crippen LogP contribution in [-0.2, 0) is 0 Å². The van der Waals surface area contributed by atoms with Crippen molar-refractivity contribution in [3.63, 3.8) is 0 Å². The number of hydrogen-bond acceptors (Lipinski definition) is 0. The Labute approximate surface area is 56.5 Å². The van der Waals surface area contributed by atoms with Gasteiger partial charge in [-0.3, -0.25) is 0 Å². The molecular formula is C2H6Br2Si2. The van der Waals surface area contributed by atoms with E-state index in [1.54, 1.807) is 6.04 Å². The molecule has 1 rings (SSSR count). The highest BCUT2D eigenvalue weighted by molar-refractivity contribution is 9.53. The Morgan fingerprint density at radius 2 is 1.83 bits per heavy atom. The first-order valence-electron chi connectivity index (χ1n) is 2.09. The van der Waals surface area contributed by atoms with Gasteiger partial charge in [-0.2, -0.15) is 0 Å². The van der Waals surface area contributed by atoms with E-state index >= 15 is 0 Å². The summed E-state index contributed by atoms with van der Waals surface area (Å²) in [5.41, 5.74) is 0. The first-order chi connectivity index (χ1) is 2.71. The molecule has 0 nitrogen and oxygen atoms in total. The SMILES string of the molecule is Br[Si]1(Br)CC[SiH2]1. The molecule has 4 heteroatoms. The second-order valence-corrected chi connectivity index (χ2v) is 28.8. The van der Waals surface area contributed by atoms with Crippen LogP contribution >= 0.6 is 30.6 Å². The van der Waals surface area contributed by atoms with Gasteiger partial charge in [-0.05, 0) is 6.04 Å². The third-order valence-electron chi connectivity index (χ3n) is 1.09. The van der Waals surface area contributed by atoms with Crippen LogP contribution in [-0.4, -0.2) is 13.9 Å². The third-order valence-corrected chi connectivity index (χ3v) is 18.1. The van der Waals surface area contributed by atoms with Gasteiger partial charge in [0.2, 0.25) is 0 Å². The lowest BCUT2D eigenvalue weighted by Crippen LogP contribution is -2.36. The summed E-state index contributed by atoms with van der Waals surface area (Å²) in [5.74, 6) is 0. The van der Waals surface area contributed by atoms with Crippen molar-refractivity contribution in [1.29, 1.82) is 0 Å². The molecular weight excluding hydrogens is 240 g/mol. The molecule has 1 aliphatic heterocycles. The summed E-state index contributed by atoms with van der Waals surface area (Å²) in [7, 11) is 0.405. The highest BCUT2D eigenvalue weighted by atomic mass is 79.9. The Kier molecular flexibility index (Phi) is 1.59. The molecule has 0 unspecified atom stereocenters. The van der Waals surface area contributed by atoms with E-state index in [1.165, 1.54) is 6.04 Å². The molecule has 1 saturated heterocycles. The minimum absolute atomic E-state index is 0.405. The zero-order valence-electron chi connectivity index (χ0n) is 3.38. The van der Waals surface area contributed by atoms with Crippen LogP contribution in [0.1, 0.15) is 0 Å². The summed E-state index contributed by atoms with van der Waals surface area (Å²) in [6.45, 7) is 0. The Hall–Kier alpha value is 1.39. The van der Waals surface area contributed by atoms with E-state index in [2.05, 4.69) is 30.6 Å². The van der Waals surface area contributed by atoms with Crippen molar-refractivity contribution in [3.05, 3.63) is 0 Å². The molecule has 0 bridgehead atoms. The Morgan fingerprint density at radius 3 is 1.83 bits per heavy atom. The zero-order chi connectivity index (χ0) is 4.62. The number of hydrogen-bond donors (Lipinski definition) is 0. The van der Waals surface area contributed by atoms with E-state index in [0.717, 1.165) is 0 Å². The molecule has 1 aliphatic rings. The van der Waals surface area contributed by atoms with Crippen molar-refractivity contribution in [2.45, 2.75) is 12.1 Å². The van der Waals surface area contributed by atoms with E-state index in [4.69, 9.17) is 0 Å². The average molecular weight is 246 g/mol. The fraction of sp³-hybridized carbons (Fsp3) is 1.00. The van der Waals surface area contributed by atoms with Crippen LogP contribution in [0.3, 0.4) is 0 Å². The monoisotopic (exact) mass is 244 g/mol. The first-order valence-corrected chi connectivity index (χ1v) is 12.1. The summed E-state index contributed by atoms with van der Waals surface area (Å²) in [5, 5.41) is 0. The fourth-order valence-corrected chi connectivity index (χ4v) is 14.1. The van der Waals surface area contributed by atoms with Crippen molar-refractivity contribution in [1.82, 2.24) is 0 Å². The first kappa shape index (κ1) is 5.53. The van der Waals surface area contributed by atoms with Crippen molar-refractivity contribution < 1.29 is 0 Å². The maximum atomic E-state index is 3.68. The molecule has 0 aromatic rings. The minimum Gasteiger partial charge on any atom is -0.115 e. The van der Waals surface area contributed by atoms with Crippen LogP contribution in [0, 0.1) is 0 Å². The van der Waals surface area contributed by atoms with E-state index in [0.29, 0.717) is 9.04 Å². The zero-order valence-corrected chi connectivity index (χ0v) is 8.96. The van der Waals surface area contributed by atoms with Gasteiger partial charge in [0.1, 0.15) is 0 Å². The summed E-state index contributed by atoms with van der Waals surface area (Å²) < 4.78 is 0. The molecule has 0 radical (unpaired) electrons. The van der Waals surface area contributed by atoms with Crippen molar-refractivity contribution in [2.75, 3.05) is 0 Å². The topological polar surface area (TPSA) is 0 Å². The van der Waals surface area contributed by atoms with E-state index < -0.39 is 4.83 Å². The number of halogens is 2. The van der Waals surface area contributed by atoms with E-state index in [-0.39, 0.29) is 0 Å². The van der Waals surface area contributed by atoms with Gasteiger partial charge in [0.15, 0.2) is 4.83 Å².